The first kappa shape index (κ1) is 22.4. The van der Waals surface area contributed by atoms with Crippen LogP contribution in [0.2, 0.25) is 0 Å². The Hall–Kier alpha value is -2.77. The maximum Gasteiger partial charge on any atom is 0.191 e. The summed E-state index contributed by atoms with van der Waals surface area (Å²) in [5, 5.41) is 25.3. The van der Waals surface area contributed by atoms with Crippen LogP contribution in [0.5, 0.6) is 5.75 Å². The minimum absolute atomic E-state index is 0.159. The van der Waals surface area contributed by atoms with Crippen LogP contribution in [0, 0.1) is 5.41 Å². The average Bonchev–Trinajstić information content (AvgIpc) is 3.31. The van der Waals surface area contributed by atoms with Crippen molar-refractivity contribution in [3.8, 4) is 5.75 Å². The van der Waals surface area contributed by atoms with Gasteiger partial charge < -0.3 is 21.1 Å². The van der Waals surface area contributed by atoms with Gasteiger partial charge in [-0.25, -0.2) is 9.97 Å². The number of nitrogens with zero attached hydrogens (tertiary/aromatic N) is 2. The van der Waals surface area contributed by atoms with Gasteiger partial charge in [-0.05, 0) is 30.5 Å². The average molecular weight is 468 g/mol. The lowest BCUT2D eigenvalue weighted by atomic mass is 10.1. The minimum Gasteiger partial charge on any atom is -0.508 e. The second-order valence-corrected chi connectivity index (χ2v) is 9.51. The number of hydrogen-bond acceptors (Lipinski definition) is 7. The molecule has 1 heterocycles. The van der Waals surface area contributed by atoms with Crippen molar-refractivity contribution in [3.63, 3.8) is 0 Å². The predicted molar refractivity (Wildman–Crippen MR) is 133 cm³/mol. The molecular weight excluding hydrogens is 442 g/mol. The summed E-state index contributed by atoms with van der Waals surface area (Å²) in [5.41, 5.74) is 2.25. The third kappa shape index (κ3) is 5.72. The maximum atomic E-state index is 9.82. The monoisotopic (exact) mass is 467 g/mol. The van der Waals surface area contributed by atoms with Crippen molar-refractivity contribution in [2.75, 3.05) is 17.2 Å². The van der Waals surface area contributed by atoms with Crippen molar-refractivity contribution in [2.24, 2.45) is 0 Å². The van der Waals surface area contributed by atoms with Crippen LogP contribution in [-0.4, -0.2) is 33.1 Å². The van der Waals surface area contributed by atoms with E-state index in [2.05, 4.69) is 10.6 Å². The number of anilines is 3. The van der Waals surface area contributed by atoms with Crippen LogP contribution in [0.3, 0.4) is 0 Å². The summed E-state index contributed by atoms with van der Waals surface area (Å²) in [4.78, 5) is 9.45. The number of thioether (sulfide) groups is 1. The first-order valence-electron chi connectivity index (χ1n) is 10.7. The highest BCUT2D eigenvalue weighted by atomic mass is 35.5. The smallest absolute Gasteiger partial charge is 0.191 e. The summed E-state index contributed by atoms with van der Waals surface area (Å²) in [6.45, 7) is 0.461. The number of halogens is 1. The Morgan fingerprint density at radius 1 is 1.09 bits per heavy atom. The Labute approximate surface area is 197 Å². The van der Waals surface area contributed by atoms with Crippen molar-refractivity contribution >= 4 is 46.9 Å². The molecule has 0 amide bonds. The summed E-state index contributed by atoms with van der Waals surface area (Å²) in [5.74, 6) is 1.25. The quantitative estimate of drug-likeness (QED) is 0.166. The van der Waals surface area contributed by atoms with Crippen LogP contribution in [0.4, 0.5) is 17.3 Å². The molecule has 1 fully saturated rings. The van der Waals surface area contributed by atoms with Gasteiger partial charge in [0.25, 0.3) is 0 Å². The molecule has 0 saturated heterocycles. The number of phenolic OH excluding ortho intramolecular Hbond substituents is 1. The minimum atomic E-state index is -0.238. The molecule has 4 N–H and O–H groups in total. The third-order valence-corrected chi connectivity index (χ3v) is 6.97. The van der Waals surface area contributed by atoms with Gasteiger partial charge in [0.2, 0.25) is 0 Å². The number of benzene rings is 2. The number of aromatic nitrogens is 2. The third-order valence-electron chi connectivity index (χ3n) is 5.36. The van der Waals surface area contributed by atoms with E-state index in [4.69, 9.17) is 27.0 Å². The maximum absolute atomic E-state index is 9.82. The largest absolute Gasteiger partial charge is 0.508 e. The molecule has 1 atom stereocenters. The molecule has 6 nitrogen and oxygen atoms in total. The molecule has 1 saturated carbocycles. The van der Waals surface area contributed by atoms with E-state index >= 15 is 0 Å². The van der Waals surface area contributed by atoms with Gasteiger partial charge in [0.15, 0.2) is 5.16 Å². The zero-order valence-corrected chi connectivity index (χ0v) is 19.2. The topological polar surface area (TPSA) is 93.9 Å². The molecule has 32 heavy (non-hydrogen) atoms. The molecule has 1 aliphatic carbocycles. The molecule has 8 heteroatoms. The number of phenols is 1. The van der Waals surface area contributed by atoms with Crippen LogP contribution < -0.4 is 10.6 Å². The Balaban J connectivity index is 1.62. The van der Waals surface area contributed by atoms with E-state index < -0.39 is 0 Å². The zero-order valence-electron chi connectivity index (χ0n) is 17.6. The fourth-order valence-corrected chi connectivity index (χ4v) is 5.09. The van der Waals surface area contributed by atoms with E-state index in [1.54, 1.807) is 30.0 Å². The van der Waals surface area contributed by atoms with Gasteiger partial charge >= 0.3 is 0 Å². The first-order chi connectivity index (χ1) is 15.6. The highest BCUT2D eigenvalue weighted by molar-refractivity contribution is 7.99. The Morgan fingerprint density at radius 3 is 2.56 bits per heavy atom. The fourth-order valence-electron chi connectivity index (χ4n) is 3.71. The van der Waals surface area contributed by atoms with Gasteiger partial charge in [-0.2, -0.15) is 0 Å². The molecule has 0 radical (unpaired) electrons. The summed E-state index contributed by atoms with van der Waals surface area (Å²) >= 11 is 8.29. The molecule has 1 aromatic heterocycles. The van der Waals surface area contributed by atoms with Crippen molar-refractivity contribution < 1.29 is 5.11 Å². The van der Waals surface area contributed by atoms with Gasteiger partial charge in [-0.15, -0.1) is 11.6 Å². The van der Waals surface area contributed by atoms with Gasteiger partial charge in [-0.1, -0.05) is 61.0 Å². The Morgan fingerprint density at radius 2 is 1.84 bits per heavy atom. The molecular formula is C24H26ClN5OS. The van der Waals surface area contributed by atoms with Crippen molar-refractivity contribution in [1.82, 2.24) is 9.97 Å². The standard InChI is InChI=1S/C24H26ClN5OS/c25-21(16-7-2-1-3-8-16)15-27-22-20(14-26)23(28-17-9-6-10-18(31)13-17)30-24(29-22)32-19-11-4-5-12-19/h1-3,6-10,13-14,19,21,26,31H,4-5,11-12,15H2,(H2,27,28,29,30). The number of aromatic hydroxyl groups is 1. The van der Waals surface area contributed by atoms with E-state index in [1.807, 2.05) is 36.4 Å². The van der Waals surface area contributed by atoms with E-state index in [0.717, 1.165) is 18.4 Å². The van der Waals surface area contributed by atoms with Crippen LogP contribution in [-0.2, 0) is 0 Å². The number of nitrogens with one attached hydrogen (secondary N) is 3. The van der Waals surface area contributed by atoms with E-state index in [0.29, 0.717) is 39.8 Å². The fraction of sp³-hybridized carbons (Fsp3) is 0.292. The lowest BCUT2D eigenvalue weighted by molar-refractivity contribution is 0.475. The zero-order chi connectivity index (χ0) is 22.3. The first-order valence-corrected chi connectivity index (χ1v) is 12.0. The second kappa shape index (κ2) is 10.7. The van der Waals surface area contributed by atoms with Crippen molar-refractivity contribution in [1.29, 1.82) is 5.41 Å². The molecule has 0 bridgehead atoms. The van der Waals surface area contributed by atoms with Crippen LogP contribution in [0.15, 0.2) is 59.8 Å². The van der Waals surface area contributed by atoms with Gasteiger partial charge in [0.1, 0.15) is 17.4 Å². The Bertz CT molecular complexity index is 1060. The lowest BCUT2D eigenvalue weighted by Crippen LogP contribution is -2.14. The van der Waals surface area contributed by atoms with Crippen molar-refractivity contribution in [3.05, 3.63) is 65.7 Å². The van der Waals surface area contributed by atoms with Gasteiger partial charge in [0.05, 0.1) is 10.9 Å². The number of rotatable bonds is 9. The molecule has 3 aromatic rings. The van der Waals surface area contributed by atoms with Crippen molar-refractivity contribution in [2.45, 2.75) is 41.5 Å². The number of alkyl halides is 1. The molecule has 1 aliphatic rings. The molecule has 166 valence electrons. The summed E-state index contributed by atoms with van der Waals surface area (Å²) < 4.78 is 0. The highest BCUT2D eigenvalue weighted by Gasteiger charge is 2.21. The molecule has 4 rings (SSSR count). The van der Waals surface area contributed by atoms with E-state index in [9.17, 15) is 5.11 Å². The van der Waals surface area contributed by atoms with Crippen LogP contribution in [0.1, 0.15) is 42.2 Å². The van der Waals surface area contributed by atoms with Crippen LogP contribution in [0.25, 0.3) is 0 Å². The van der Waals surface area contributed by atoms with E-state index in [1.165, 1.54) is 19.1 Å². The summed E-state index contributed by atoms with van der Waals surface area (Å²) in [7, 11) is 0. The molecule has 1 unspecified atom stereocenters. The lowest BCUT2D eigenvalue weighted by Gasteiger charge is -2.18. The normalized spacial score (nSPS) is 14.8. The van der Waals surface area contributed by atoms with Gasteiger partial charge in [-0.3, -0.25) is 0 Å². The molecule has 2 aromatic carbocycles. The number of hydrogen-bond donors (Lipinski definition) is 4. The summed E-state index contributed by atoms with van der Waals surface area (Å²) in [6.07, 6.45) is 6.04. The second-order valence-electron chi connectivity index (χ2n) is 7.72. The summed E-state index contributed by atoms with van der Waals surface area (Å²) in [6, 6.07) is 16.7. The predicted octanol–water partition coefficient (Wildman–Crippen LogP) is 6.35. The molecule has 0 spiro atoms. The Kier molecular flexibility index (Phi) is 7.50. The molecule has 0 aliphatic heterocycles. The highest BCUT2D eigenvalue weighted by Crippen LogP contribution is 2.35. The van der Waals surface area contributed by atoms with Gasteiger partial charge in [0, 0.05) is 29.8 Å². The van der Waals surface area contributed by atoms with Crippen LogP contribution >= 0.6 is 23.4 Å². The van der Waals surface area contributed by atoms with E-state index in [-0.39, 0.29) is 11.1 Å². The SMILES string of the molecule is N=Cc1c(NCC(Cl)c2ccccc2)nc(SC2CCCC2)nc1Nc1cccc(O)c1.